The molecule has 0 fully saturated rings. The molecule has 1 heterocycles. The minimum absolute atomic E-state index is 0.639. The highest BCUT2D eigenvalue weighted by atomic mass is 15.0. The van der Waals surface area contributed by atoms with Crippen molar-refractivity contribution in [2.24, 2.45) is 11.8 Å². The first kappa shape index (κ1) is 10.5. The molecule has 1 nitrogen and oxygen atoms in total. The Morgan fingerprint density at radius 1 is 1.33 bits per heavy atom. The molecule has 2 rings (SSSR count). The van der Waals surface area contributed by atoms with Gasteiger partial charge < -0.3 is 5.32 Å². The van der Waals surface area contributed by atoms with Gasteiger partial charge in [-0.25, -0.2) is 0 Å². The number of allylic oxidation sites excluding steroid dienone is 4. The average Bonchev–Trinajstić information content (AvgIpc) is 2.67. The minimum Gasteiger partial charge on any atom is -0.385 e. The summed E-state index contributed by atoms with van der Waals surface area (Å²) in [4.78, 5) is 0. The summed E-state index contributed by atoms with van der Waals surface area (Å²) in [5.74, 6) is 1.44. The van der Waals surface area contributed by atoms with Crippen molar-refractivity contribution in [3.05, 3.63) is 36.1 Å². The molecule has 15 heavy (non-hydrogen) atoms. The average molecular weight is 203 g/mol. The van der Waals surface area contributed by atoms with E-state index in [9.17, 15) is 0 Å². The zero-order valence-electron chi connectivity index (χ0n) is 9.74. The molecule has 0 aromatic carbocycles. The molecule has 0 saturated heterocycles. The summed E-state index contributed by atoms with van der Waals surface area (Å²) >= 11 is 0. The lowest BCUT2D eigenvalue weighted by atomic mass is 9.92. The van der Waals surface area contributed by atoms with Crippen LogP contribution in [0.3, 0.4) is 0 Å². The third-order valence-electron chi connectivity index (χ3n) is 3.15. The molecule has 1 aliphatic carbocycles. The highest BCUT2D eigenvalue weighted by Gasteiger charge is 2.23. The molecule has 0 radical (unpaired) electrons. The molecule has 0 aromatic rings. The molecule has 2 unspecified atom stereocenters. The zero-order chi connectivity index (χ0) is 10.7. The molecule has 0 saturated carbocycles. The molecule has 2 aliphatic rings. The molecule has 0 amide bonds. The van der Waals surface area contributed by atoms with E-state index in [1.165, 1.54) is 25.0 Å². The maximum absolute atomic E-state index is 3.67. The third-order valence-corrected chi connectivity index (χ3v) is 3.15. The summed E-state index contributed by atoms with van der Waals surface area (Å²) in [5, 5.41) is 3.67. The van der Waals surface area contributed by atoms with Gasteiger partial charge in [0.2, 0.25) is 0 Å². The molecule has 0 bridgehead atoms. The van der Waals surface area contributed by atoms with E-state index < -0.39 is 0 Å². The van der Waals surface area contributed by atoms with Crippen molar-refractivity contribution in [2.75, 3.05) is 0 Å². The van der Waals surface area contributed by atoms with Gasteiger partial charge in [0.25, 0.3) is 0 Å². The first-order chi connectivity index (χ1) is 7.25. The molecule has 2 atom stereocenters. The summed E-state index contributed by atoms with van der Waals surface area (Å²) in [6.07, 6.45) is 14.9. The van der Waals surface area contributed by atoms with Gasteiger partial charge in [-0.2, -0.15) is 0 Å². The van der Waals surface area contributed by atoms with Crippen LogP contribution in [-0.2, 0) is 0 Å². The SMILES string of the molecule is CC(C)CC1=CCC(C2C=CC=CC2)N1. The first-order valence-electron chi connectivity index (χ1n) is 6.04. The van der Waals surface area contributed by atoms with Crippen LogP contribution in [0.25, 0.3) is 0 Å². The van der Waals surface area contributed by atoms with Gasteiger partial charge in [0.1, 0.15) is 0 Å². The minimum atomic E-state index is 0.639. The van der Waals surface area contributed by atoms with Crippen LogP contribution in [0, 0.1) is 11.8 Å². The van der Waals surface area contributed by atoms with Crippen LogP contribution in [0.15, 0.2) is 36.1 Å². The van der Waals surface area contributed by atoms with Crippen LogP contribution in [0.4, 0.5) is 0 Å². The van der Waals surface area contributed by atoms with Gasteiger partial charge in [0, 0.05) is 17.7 Å². The number of hydrogen-bond donors (Lipinski definition) is 1. The van der Waals surface area contributed by atoms with Gasteiger partial charge in [-0.3, -0.25) is 0 Å². The highest BCUT2D eigenvalue weighted by Crippen LogP contribution is 2.25. The number of hydrogen-bond acceptors (Lipinski definition) is 1. The Bertz CT molecular complexity index is 296. The molecule has 82 valence electrons. The van der Waals surface area contributed by atoms with Crippen molar-refractivity contribution >= 4 is 0 Å². The zero-order valence-corrected chi connectivity index (χ0v) is 9.74. The third kappa shape index (κ3) is 2.74. The van der Waals surface area contributed by atoms with Gasteiger partial charge in [-0.1, -0.05) is 44.2 Å². The Morgan fingerprint density at radius 2 is 2.20 bits per heavy atom. The summed E-state index contributed by atoms with van der Waals surface area (Å²) in [7, 11) is 0. The van der Waals surface area contributed by atoms with Gasteiger partial charge in [0.15, 0.2) is 0 Å². The second-order valence-electron chi connectivity index (χ2n) is 5.03. The summed E-state index contributed by atoms with van der Waals surface area (Å²) < 4.78 is 0. The van der Waals surface area contributed by atoms with Crippen molar-refractivity contribution < 1.29 is 0 Å². The van der Waals surface area contributed by atoms with Gasteiger partial charge >= 0.3 is 0 Å². The standard InChI is InChI=1S/C14H21N/c1-11(2)10-13-8-9-14(15-13)12-6-4-3-5-7-12/h3-6,8,11-12,14-15H,7,9-10H2,1-2H3. The van der Waals surface area contributed by atoms with Crippen molar-refractivity contribution in [2.45, 2.75) is 39.2 Å². The Labute approximate surface area is 93.0 Å². The topological polar surface area (TPSA) is 12.0 Å². The second-order valence-corrected chi connectivity index (χ2v) is 5.03. The maximum Gasteiger partial charge on any atom is 0.0359 e. The summed E-state index contributed by atoms with van der Waals surface area (Å²) in [6.45, 7) is 4.55. The van der Waals surface area contributed by atoms with Gasteiger partial charge in [-0.05, 0) is 25.2 Å². The van der Waals surface area contributed by atoms with E-state index in [1.807, 2.05) is 0 Å². The fourth-order valence-corrected chi connectivity index (χ4v) is 2.39. The summed E-state index contributed by atoms with van der Waals surface area (Å²) in [5.41, 5.74) is 1.46. The van der Waals surface area contributed by atoms with Crippen LogP contribution in [0.5, 0.6) is 0 Å². The van der Waals surface area contributed by atoms with Crippen LogP contribution < -0.4 is 5.32 Å². The van der Waals surface area contributed by atoms with Crippen LogP contribution in [-0.4, -0.2) is 6.04 Å². The monoisotopic (exact) mass is 203 g/mol. The Kier molecular flexibility index (Phi) is 3.30. The maximum atomic E-state index is 3.67. The largest absolute Gasteiger partial charge is 0.385 e. The van der Waals surface area contributed by atoms with E-state index in [4.69, 9.17) is 0 Å². The highest BCUT2D eigenvalue weighted by molar-refractivity contribution is 5.18. The van der Waals surface area contributed by atoms with Crippen LogP contribution >= 0.6 is 0 Å². The molecular weight excluding hydrogens is 182 g/mol. The van der Waals surface area contributed by atoms with Crippen molar-refractivity contribution in [1.82, 2.24) is 5.32 Å². The normalized spacial score (nSPS) is 29.4. The van der Waals surface area contributed by atoms with Gasteiger partial charge in [-0.15, -0.1) is 0 Å². The molecule has 0 aromatic heterocycles. The first-order valence-corrected chi connectivity index (χ1v) is 6.04. The fourth-order valence-electron chi connectivity index (χ4n) is 2.39. The molecule has 1 aliphatic heterocycles. The lowest BCUT2D eigenvalue weighted by Gasteiger charge is -2.23. The van der Waals surface area contributed by atoms with Crippen molar-refractivity contribution in [3.8, 4) is 0 Å². The van der Waals surface area contributed by atoms with E-state index in [0.717, 1.165) is 5.92 Å². The predicted molar refractivity (Wildman–Crippen MR) is 65.5 cm³/mol. The smallest absolute Gasteiger partial charge is 0.0359 e. The quantitative estimate of drug-likeness (QED) is 0.741. The van der Waals surface area contributed by atoms with Crippen molar-refractivity contribution in [1.29, 1.82) is 0 Å². The van der Waals surface area contributed by atoms with Crippen LogP contribution in [0.1, 0.15) is 33.1 Å². The van der Waals surface area contributed by atoms with E-state index in [-0.39, 0.29) is 0 Å². The second kappa shape index (κ2) is 4.69. The number of nitrogens with one attached hydrogen (secondary N) is 1. The van der Waals surface area contributed by atoms with E-state index in [0.29, 0.717) is 12.0 Å². The fraction of sp³-hybridized carbons (Fsp3) is 0.571. The summed E-state index contributed by atoms with van der Waals surface area (Å²) in [6, 6.07) is 0.639. The molecule has 1 heteroatoms. The van der Waals surface area contributed by atoms with E-state index in [2.05, 4.69) is 49.5 Å². The Hall–Kier alpha value is -0.980. The molecule has 1 N–H and O–H groups in total. The van der Waals surface area contributed by atoms with E-state index in [1.54, 1.807) is 0 Å². The molecule has 0 spiro atoms. The molecular formula is C14H21N. The lowest BCUT2D eigenvalue weighted by Crippen LogP contribution is -2.30. The van der Waals surface area contributed by atoms with Crippen molar-refractivity contribution in [3.63, 3.8) is 0 Å². The predicted octanol–water partition coefficient (Wildman–Crippen LogP) is 3.41. The van der Waals surface area contributed by atoms with E-state index >= 15 is 0 Å². The lowest BCUT2D eigenvalue weighted by molar-refractivity contribution is 0.455. The van der Waals surface area contributed by atoms with Crippen LogP contribution in [0.2, 0.25) is 0 Å². The Balaban J connectivity index is 1.84. The van der Waals surface area contributed by atoms with Gasteiger partial charge in [0.05, 0.1) is 0 Å². The Morgan fingerprint density at radius 3 is 2.87 bits per heavy atom. The number of rotatable bonds is 3.